The van der Waals surface area contributed by atoms with E-state index in [0.29, 0.717) is 0 Å². The molecule has 29 heavy (non-hydrogen) atoms. The van der Waals surface area contributed by atoms with Crippen molar-refractivity contribution in [3.05, 3.63) is 67.8 Å². The minimum absolute atomic E-state index is 0.232. The molecule has 13 heteroatoms. The molecular formula is C16H12N2O11. The third kappa shape index (κ3) is 6.28. The second-order valence-corrected chi connectivity index (χ2v) is 5.10. The molecule has 0 unspecified atom stereocenters. The van der Waals surface area contributed by atoms with Crippen molar-refractivity contribution in [2.24, 2.45) is 0 Å². The van der Waals surface area contributed by atoms with E-state index in [9.17, 15) is 34.6 Å². The molecule has 2 rings (SSSR count). The van der Waals surface area contributed by atoms with Gasteiger partial charge in [0.15, 0.2) is 5.75 Å². The van der Waals surface area contributed by atoms with Crippen molar-refractivity contribution in [1.82, 2.24) is 0 Å². The molecule has 3 N–H and O–H groups in total. The standard InChI is InChI=1S/C9H7NO6.C7H5NO5/c1-5(11)16-8-3-2-6(9(12)13)4-7(8)10(14)15;9-6-2-1-4(7(10)11)3-5(6)8(12)13/h2-4H,1H3,(H,12,13);1-3,9H,(H,10,11). The minimum atomic E-state index is -1.29. The quantitative estimate of drug-likeness (QED) is 0.283. The van der Waals surface area contributed by atoms with Crippen molar-refractivity contribution >= 4 is 29.3 Å². The number of rotatable bonds is 5. The monoisotopic (exact) mass is 408 g/mol. The van der Waals surface area contributed by atoms with Gasteiger partial charge in [0, 0.05) is 19.1 Å². The Morgan fingerprint density at radius 1 is 0.862 bits per heavy atom. The lowest BCUT2D eigenvalue weighted by molar-refractivity contribution is -0.386. The molecular weight excluding hydrogens is 396 g/mol. The number of carbonyl (C=O) groups excluding carboxylic acids is 1. The molecule has 0 aromatic heterocycles. The number of aromatic hydroxyl groups is 1. The maximum Gasteiger partial charge on any atom is 0.335 e. The number of benzene rings is 2. The van der Waals surface area contributed by atoms with Crippen molar-refractivity contribution in [3.8, 4) is 11.5 Å². The van der Waals surface area contributed by atoms with E-state index < -0.39 is 44.9 Å². The van der Waals surface area contributed by atoms with Gasteiger partial charge in [0.25, 0.3) is 0 Å². The van der Waals surface area contributed by atoms with Crippen molar-refractivity contribution < 1.29 is 44.3 Å². The van der Waals surface area contributed by atoms with Gasteiger partial charge in [-0.3, -0.25) is 25.0 Å². The normalized spacial score (nSPS) is 9.55. The summed E-state index contributed by atoms with van der Waals surface area (Å²) in [6.07, 6.45) is 0. The summed E-state index contributed by atoms with van der Waals surface area (Å²) in [5.41, 5.74) is -1.65. The van der Waals surface area contributed by atoms with Gasteiger partial charge in [-0.05, 0) is 24.3 Å². The Labute approximate surface area is 160 Å². The lowest BCUT2D eigenvalue weighted by Gasteiger charge is -2.02. The van der Waals surface area contributed by atoms with E-state index in [1.54, 1.807) is 0 Å². The van der Waals surface area contributed by atoms with Crippen LogP contribution < -0.4 is 4.74 Å². The van der Waals surface area contributed by atoms with Gasteiger partial charge in [0.1, 0.15) is 0 Å². The summed E-state index contributed by atoms with van der Waals surface area (Å²) >= 11 is 0. The number of nitrogens with zero attached hydrogens (tertiary/aromatic N) is 2. The zero-order chi connectivity index (χ0) is 22.3. The number of phenols is 1. The molecule has 2 aromatic carbocycles. The number of carbonyl (C=O) groups is 3. The predicted molar refractivity (Wildman–Crippen MR) is 93.1 cm³/mol. The van der Waals surface area contributed by atoms with E-state index in [-0.39, 0.29) is 16.9 Å². The fourth-order valence-corrected chi connectivity index (χ4v) is 1.84. The van der Waals surface area contributed by atoms with Crippen molar-refractivity contribution in [2.45, 2.75) is 6.92 Å². The third-order valence-corrected chi connectivity index (χ3v) is 3.08. The maximum absolute atomic E-state index is 10.6. The summed E-state index contributed by atoms with van der Waals surface area (Å²) in [6.45, 7) is 1.09. The molecule has 0 heterocycles. The van der Waals surface area contributed by atoms with Gasteiger partial charge < -0.3 is 20.1 Å². The number of carboxylic acids is 2. The van der Waals surface area contributed by atoms with E-state index in [1.807, 2.05) is 0 Å². The first-order valence-corrected chi connectivity index (χ1v) is 7.35. The van der Waals surface area contributed by atoms with Gasteiger partial charge in [-0.25, -0.2) is 9.59 Å². The number of nitro benzene ring substituents is 2. The van der Waals surface area contributed by atoms with Crippen LogP contribution in [-0.2, 0) is 4.79 Å². The summed E-state index contributed by atoms with van der Waals surface area (Å²) in [6, 6.07) is 5.89. The summed E-state index contributed by atoms with van der Waals surface area (Å²) in [5, 5.41) is 46.9. The highest BCUT2D eigenvalue weighted by Gasteiger charge is 2.19. The van der Waals surface area contributed by atoms with Crippen molar-refractivity contribution in [2.75, 3.05) is 0 Å². The highest BCUT2D eigenvalue weighted by atomic mass is 16.6. The molecule has 0 amide bonds. The van der Waals surface area contributed by atoms with Crippen LogP contribution >= 0.6 is 0 Å². The van der Waals surface area contributed by atoms with Crippen LogP contribution in [0.25, 0.3) is 0 Å². The maximum atomic E-state index is 10.6. The van der Waals surface area contributed by atoms with Crippen LogP contribution in [0.2, 0.25) is 0 Å². The zero-order valence-corrected chi connectivity index (χ0v) is 14.5. The van der Waals surface area contributed by atoms with Gasteiger partial charge in [-0.15, -0.1) is 0 Å². The van der Waals surface area contributed by atoms with E-state index in [0.717, 1.165) is 43.3 Å². The average Bonchev–Trinajstić information content (AvgIpc) is 2.61. The van der Waals surface area contributed by atoms with E-state index in [1.165, 1.54) is 0 Å². The Morgan fingerprint density at radius 2 is 1.31 bits per heavy atom. The topological polar surface area (TPSA) is 207 Å². The molecule has 0 bridgehead atoms. The number of esters is 1. The Morgan fingerprint density at radius 3 is 1.72 bits per heavy atom. The Balaban J connectivity index is 0.000000296. The SMILES string of the molecule is CC(=O)Oc1ccc(C(=O)O)cc1[N+](=O)[O-].O=C(O)c1ccc(O)c([N+](=O)[O-])c1. The number of nitro groups is 2. The van der Waals surface area contributed by atoms with Crippen LogP contribution in [0.5, 0.6) is 11.5 Å². The zero-order valence-electron chi connectivity index (χ0n) is 14.5. The first-order valence-electron chi connectivity index (χ1n) is 7.35. The number of carboxylic acid groups (broad SMARTS) is 2. The Bertz CT molecular complexity index is 1000. The van der Waals surface area contributed by atoms with Gasteiger partial charge in [-0.2, -0.15) is 0 Å². The first-order chi connectivity index (χ1) is 13.4. The molecule has 0 spiro atoms. The first kappa shape index (κ1) is 22.5. The number of aromatic carboxylic acids is 2. The van der Waals surface area contributed by atoms with E-state index >= 15 is 0 Å². The molecule has 0 saturated heterocycles. The molecule has 13 nitrogen and oxygen atoms in total. The number of ether oxygens (including phenoxy) is 1. The van der Waals surface area contributed by atoms with E-state index in [4.69, 9.17) is 15.3 Å². The fraction of sp³-hybridized carbons (Fsp3) is 0.0625. The van der Waals surface area contributed by atoms with Crippen molar-refractivity contribution in [1.29, 1.82) is 0 Å². The number of hydrogen-bond acceptors (Lipinski definition) is 9. The largest absolute Gasteiger partial charge is 0.502 e. The highest BCUT2D eigenvalue weighted by molar-refractivity contribution is 5.89. The van der Waals surface area contributed by atoms with Gasteiger partial charge in [-0.1, -0.05) is 0 Å². The smallest absolute Gasteiger partial charge is 0.335 e. The lowest BCUT2D eigenvalue weighted by atomic mass is 10.2. The molecule has 0 aliphatic carbocycles. The molecule has 0 atom stereocenters. The minimum Gasteiger partial charge on any atom is -0.502 e. The summed E-state index contributed by atoms with van der Waals surface area (Å²) in [5.74, 6) is -4.11. The van der Waals surface area contributed by atoms with Crippen molar-refractivity contribution in [3.63, 3.8) is 0 Å². The van der Waals surface area contributed by atoms with Crippen LogP contribution in [-0.4, -0.2) is 43.1 Å². The van der Waals surface area contributed by atoms with Gasteiger partial charge >= 0.3 is 29.3 Å². The summed E-state index contributed by atoms with van der Waals surface area (Å²) < 4.78 is 4.57. The molecule has 0 saturated carbocycles. The van der Waals surface area contributed by atoms with Gasteiger partial charge in [0.2, 0.25) is 5.75 Å². The number of phenolic OH excluding ortho intramolecular Hbond substituents is 1. The molecule has 2 aromatic rings. The van der Waals surface area contributed by atoms with Crippen LogP contribution in [0.1, 0.15) is 27.6 Å². The molecule has 0 fully saturated rings. The lowest BCUT2D eigenvalue weighted by Crippen LogP contribution is -2.05. The van der Waals surface area contributed by atoms with Crippen LogP contribution in [0.3, 0.4) is 0 Å². The molecule has 0 aliphatic rings. The van der Waals surface area contributed by atoms with Crippen LogP contribution in [0.15, 0.2) is 36.4 Å². The molecule has 152 valence electrons. The molecule has 0 radical (unpaired) electrons. The Hall–Kier alpha value is -4.55. The number of hydrogen-bond donors (Lipinski definition) is 3. The summed E-state index contributed by atoms with van der Waals surface area (Å²) in [7, 11) is 0. The Kier molecular flexibility index (Phi) is 7.29. The fourth-order valence-electron chi connectivity index (χ4n) is 1.84. The predicted octanol–water partition coefficient (Wildman–Crippen LogP) is 2.22. The second-order valence-electron chi connectivity index (χ2n) is 5.10. The van der Waals surface area contributed by atoms with Gasteiger partial charge in [0.05, 0.1) is 21.0 Å². The van der Waals surface area contributed by atoms with E-state index in [2.05, 4.69) is 4.74 Å². The second kappa shape index (κ2) is 9.40. The molecule has 0 aliphatic heterocycles. The summed E-state index contributed by atoms with van der Waals surface area (Å²) in [4.78, 5) is 50.8. The highest BCUT2D eigenvalue weighted by Crippen LogP contribution is 2.28. The average molecular weight is 408 g/mol. The van der Waals surface area contributed by atoms with Crippen LogP contribution in [0.4, 0.5) is 11.4 Å². The third-order valence-electron chi connectivity index (χ3n) is 3.08. The van der Waals surface area contributed by atoms with Crippen LogP contribution in [0, 0.1) is 20.2 Å².